The molecule has 1 aliphatic rings. The van der Waals surface area contributed by atoms with Gasteiger partial charge in [0, 0.05) is 18.0 Å². The Morgan fingerprint density at radius 1 is 1.24 bits per heavy atom. The Bertz CT molecular complexity index is 1240. The normalized spacial score (nSPS) is 16.7. The molecule has 0 spiro atoms. The third kappa shape index (κ3) is 5.32. The number of carbonyl (C=O) groups excluding carboxylic acids is 2. The number of hydrogen-bond donors (Lipinski definition) is 2. The van der Waals surface area contributed by atoms with Gasteiger partial charge in [0.25, 0.3) is 5.91 Å². The van der Waals surface area contributed by atoms with Gasteiger partial charge in [-0.3, -0.25) is 14.3 Å². The number of halogens is 3. The molecule has 2 N–H and O–H groups in total. The summed E-state index contributed by atoms with van der Waals surface area (Å²) in [5.74, 6) is -2.91. The minimum atomic E-state index is -1.56. The Balaban J connectivity index is 1.74. The van der Waals surface area contributed by atoms with Crippen LogP contribution in [0.15, 0.2) is 36.5 Å². The number of benzene rings is 2. The van der Waals surface area contributed by atoms with Crippen LogP contribution < -0.4 is 15.4 Å². The Morgan fingerprint density at radius 2 is 2.03 bits per heavy atom. The zero-order chi connectivity index (χ0) is 24.5. The molecule has 7 nitrogen and oxygen atoms in total. The molecule has 180 valence electrons. The average Bonchev–Trinajstić information content (AvgIpc) is 3.01. The maximum atomic E-state index is 14.3. The first-order valence-corrected chi connectivity index (χ1v) is 11.0. The number of amides is 2. The van der Waals surface area contributed by atoms with Crippen LogP contribution in [0.4, 0.5) is 13.2 Å². The maximum absolute atomic E-state index is 14.3. The lowest BCUT2D eigenvalue weighted by molar-refractivity contribution is -0.122. The molecule has 0 aliphatic carbocycles. The monoisotopic (exact) mass is 474 g/mol. The quantitative estimate of drug-likeness (QED) is 0.559. The number of carbonyl (C=O) groups is 2. The molecule has 1 atom stereocenters. The van der Waals surface area contributed by atoms with Crippen molar-refractivity contribution in [3.8, 4) is 11.5 Å². The second kappa shape index (κ2) is 9.36. The van der Waals surface area contributed by atoms with E-state index >= 15 is 0 Å². The van der Waals surface area contributed by atoms with E-state index < -0.39 is 29.3 Å². The molecule has 4 rings (SSSR count). The Morgan fingerprint density at radius 3 is 2.76 bits per heavy atom. The molecule has 0 radical (unpaired) electrons. The van der Waals surface area contributed by atoms with Gasteiger partial charge in [-0.25, -0.2) is 13.2 Å². The van der Waals surface area contributed by atoms with Gasteiger partial charge in [-0.15, -0.1) is 0 Å². The van der Waals surface area contributed by atoms with Gasteiger partial charge in [-0.2, -0.15) is 5.10 Å². The zero-order valence-corrected chi connectivity index (χ0v) is 18.8. The van der Waals surface area contributed by atoms with Crippen molar-refractivity contribution in [1.29, 1.82) is 0 Å². The summed E-state index contributed by atoms with van der Waals surface area (Å²) in [6, 6.07) is 5.03. The second-order valence-electron chi connectivity index (χ2n) is 8.92. The van der Waals surface area contributed by atoms with Gasteiger partial charge in [-0.1, -0.05) is 0 Å². The number of nitrogens with zero attached hydrogens (tertiary/aromatic N) is 2. The molecule has 1 aromatic heterocycles. The molecule has 3 aromatic rings. The number of alkyl halides is 1. The van der Waals surface area contributed by atoms with Crippen LogP contribution in [0, 0.1) is 11.6 Å². The van der Waals surface area contributed by atoms with Crippen LogP contribution in [-0.4, -0.2) is 39.9 Å². The van der Waals surface area contributed by atoms with Crippen LogP contribution in [0.1, 0.15) is 43.5 Å². The number of aromatic nitrogens is 2. The first-order valence-electron chi connectivity index (χ1n) is 11.0. The topological polar surface area (TPSA) is 85.2 Å². The summed E-state index contributed by atoms with van der Waals surface area (Å²) in [7, 11) is 0. The first kappa shape index (κ1) is 23.6. The van der Waals surface area contributed by atoms with E-state index in [1.54, 1.807) is 0 Å². The van der Waals surface area contributed by atoms with E-state index in [0.717, 1.165) is 25.0 Å². The Hall–Kier alpha value is -3.56. The number of hydrogen-bond acceptors (Lipinski definition) is 4. The fraction of sp³-hybridized carbons (Fsp3) is 0.375. The molecule has 0 bridgehead atoms. The van der Waals surface area contributed by atoms with Crippen LogP contribution >= 0.6 is 0 Å². The highest BCUT2D eigenvalue weighted by Gasteiger charge is 2.26. The second-order valence-corrected chi connectivity index (χ2v) is 8.92. The van der Waals surface area contributed by atoms with Crippen molar-refractivity contribution < 1.29 is 27.5 Å². The molecule has 2 heterocycles. The average molecular weight is 474 g/mol. The van der Waals surface area contributed by atoms with Crippen LogP contribution in [0.25, 0.3) is 10.9 Å². The van der Waals surface area contributed by atoms with E-state index in [2.05, 4.69) is 15.7 Å². The molecule has 1 aliphatic heterocycles. The van der Waals surface area contributed by atoms with Crippen molar-refractivity contribution in [3.63, 3.8) is 0 Å². The van der Waals surface area contributed by atoms with Gasteiger partial charge >= 0.3 is 0 Å². The van der Waals surface area contributed by atoms with Crippen LogP contribution in [0.2, 0.25) is 0 Å². The molecule has 0 saturated carbocycles. The lowest BCUT2D eigenvalue weighted by Gasteiger charge is -2.18. The van der Waals surface area contributed by atoms with Gasteiger partial charge in [0.2, 0.25) is 5.91 Å². The summed E-state index contributed by atoms with van der Waals surface area (Å²) in [6.45, 7) is 3.30. The predicted octanol–water partition coefficient (Wildman–Crippen LogP) is 4.25. The summed E-state index contributed by atoms with van der Waals surface area (Å²) < 4.78 is 49.0. The summed E-state index contributed by atoms with van der Waals surface area (Å²) in [5, 5.41) is 10.2. The fourth-order valence-electron chi connectivity index (χ4n) is 3.84. The minimum absolute atomic E-state index is 0.00619. The van der Waals surface area contributed by atoms with Gasteiger partial charge in [0.1, 0.15) is 23.3 Å². The lowest BCUT2D eigenvalue weighted by Crippen LogP contribution is -2.45. The third-order valence-electron chi connectivity index (χ3n) is 5.47. The van der Waals surface area contributed by atoms with Crippen molar-refractivity contribution in [1.82, 2.24) is 20.4 Å². The molecule has 10 heteroatoms. The van der Waals surface area contributed by atoms with Crippen LogP contribution in [-0.2, 0) is 11.3 Å². The summed E-state index contributed by atoms with van der Waals surface area (Å²) >= 11 is 0. The standard InChI is InChI=1S/C24H25F3N4O3/c1-24(2,27)13-31-19-11-16(22(32)30-18-5-3-4-8-28-23(18)33)21(9-14(19)12-29-31)34-20-7-6-15(25)10-17(20)26/h6-7,9-12,18H,3-5,8,13H2,1-2H3,(H,28,33)(H,30,32). The molecule has 34 heavy (non-hydrogen) atoms. The third-order valence-corrected chi connectivity index (χ3v) is 5.47. The Kier molecular flexibility index (Phi) is 6.49. The van der Waals surface area contributed by atoms with Crippen molar-refractivity contribution in [2.45, 2.75) is 51.4 Å². The van der Waals surface area contributed by atoms with Gasteiger partial charge < -0.3 is 15.4 Å². The van der Waals surface area contributed by atoms with E-state index in [-0.39, 0.29) is 29.5 Å². The minimum Gasteiger partial charge on any atom is -0.453 e. The van der Waals surface area contributed by atoms with Gasteiger partial charge in [0.15, 0.2) is 11.6 Å². The SMILES string of the molecule is CC(C)(F)Cn1ncc2cc(Oc3ccc(F)cc3F)c(C(=O)NC3CCCCNC3=O)cc21. The molecule has 1 saturated heterocycles. The Labute approximate surface area is 194 Å². The molecular formula is C24H25F3N4O3. The van der Waals surface area contributed by atoms with Crippen molar-refractivity contribution in [3.05, 3.63) is 53.7 Å². The van der Waals surface area contributed by atoms with Gasteiger partial charge in [0.05, 0.1) is 23.8 Å². The maximum Gasteiger partial charge on any atom is 0.255 e. The van der Waals surface area contributed by atoms with E-state index in [1.807, 2.05) is 0 Å². The molecule has 2 amide bonds. The predicted molar refractivity (Wildman–Crippen MR) is 119 cm³/mol. The highest BCUT2D eigenvalue weighted by Crippen LogP contribution is 2.32. The highest BCUT2D eigenvalue weighted by atomic mass is 19.1. The zero-order valence-electron chi connectivity index (χ0n) is 18.8. The molecular weight excluding hydrogens is 449 g/mol. The van der Waals surface area contributed by atoms with E-state index in [1.165, 1.54) is 36.9 Å². The molecule has 2 aromatic carbocycles. The summed E-state index contributed by atoms with van der Waals surface area (Å²) in [6.07, 6.45) is 3.51. The van der Waals surface area contributed by atoms with Crippen molar-refractivity contribution in [2.75, 3.05) is 6.54 Å². The fourth-order valence-corrected chi connectivity index (χ4v) is 3.84. The van der Waals surface area contributed by atoms with E-state index in [4.69, 9.17) is 4.74 Å². The lowest BCUT2D eigenvalue weighted by atomic mass is 10.1. The number of ether oxygens (including phenoxy) is 1. The molecule has 1 fully saturated rings. The van der Waals surface area contributed by atoms with E-state index in [0.29, 0.717) is 29.9 Å². The number of rotatable bonds is 6. The van der Waals surface area contributed by atoms with Crippen LogP contribution in [0.3, 0.4) is 0 Å². The number of nitrogens with one attached hydrogen (secondary N) is 2. The molecule has 1 unspecified atom stereocenters. The van der Waals surface area contributed by atoms with Crippen molar-refractivity contribution in [2.24, 2.45) is 0 Å². The van der Waals surface area contributed by atoms with Crippen molar-refractivity contribution >= 4 is 22.7 Å². The first-order chi connectivity index (χ1) is 16.1. The smallest absolute Gasteiger partial charge is 0.255 e. The largest absolute Gasteiger partial charge is 0.453 e. The summed E-state index contributed by atoms with van der Waals surface area (Å²) in [5.41, 5.74) is -1.09. The van der Waals surface area contributed by atoms with E-state index in [9.17, 15) is 22.8 Å². The number of fused-ring (bicyclic) bond motifs is 1. The summed E-state index contributed by atoms with van der Waals surface area (Å²) in [4.78, 5) is 25.6. The van der Waals surface area contributed by atoms with Gasteiger partial charge in [-0.05, 0) is 57.4 Å². The highest BCUT2D eigenvalue weighted by molar-refractivity contribution is 6.03. The van der Waals surface area contributed by atoms with Crippen LogP contribution in [0.5, 0.6) is 11.5 Å².